The summed E-state index contributed by atoms with van der Waals surface area (Å²) in [7, 11) is 0. The third-order valence-corrected chi connectivity index (χ3v) is 9.73. The molecule has 0 saturated carbocycles. The minimum atomic E-state index is -0.983. The van der Waals surface area contributed by atoms with Crippen molar-refractivity contribution in [2.24, 2.45) is 0 Å². The Hall–Kier alpha value is -5.86. The van der Waals surface area contributed by atoms with Crippen LogP contribution in [0.15, 0.2) is 72.8 Å². The second kappa shape index (κ2) is 15.2. The molecule has 0 bridgehead atoms. The molecule has 1 unspecified atom stereocenters. The molecule has 3 aromatic carbocycles. The lowest BCUT2D eigenvalue weighted by Gasteiger charge is -2.36. The molecule has 0 spiro atoms. The average molecular weight is 705 g/mol. The SMILES string of the molecule is Nc1nnc(-c2ccccc2O)cc1OCCc1ccc(CNCCN2CCN(c3cccc4c3C(=O)N(C3CCC(=O)NC3=O)C4=O)CC2)cc1. The van der Waals surface area contributed by atoms with Crippen LogP contribution in [0.4, 0.5) is 11.5 Å². The molecule has 2 saturated heterocycles. The van der Waals surface area contributed by atoms with Crippen LogP contribution in [0.1, 0.15) is 44.7 Å². The van der Waals surface area contributed by atoms with E-state index in [4.69, 9.17) is 10.5 Å². The number of piperidine rings is 1. The Labute approximate surface area is 300 Å². The number of nitrogens with zero attached hydrogens (tertiary/aromatic N) is 5. The molecule has 5 N–H and O–H groups in total. The van der Waals surface area contributed by atoms with Crippen molar-refractivity contribution in [3.8, 4) is 22.8 Å². The Balaban J connectivity index is 0.841. The summed E-state index contributed by atoms with van der Waals surface area (Å²) >= 11 is 0. The number of nitrogens with one attached hydrogen (secondary N) is 2. The summed E-state index contributed by atoms with van der Waals surface area (Å²) in [4.78, 5) is 56.4. The molecule has 0 aliphatic carbocycles. The number of ether oxygens (including phenoxy) is 1. The van der Waals surface area contributed by atoms with Crippen LogP contribution in [-0.2, 0) is 22.6 Å². The zero-order valence-electron chi connectivity index (χ0n) is 28.6. The molecule has 4 heterocycles. The van der Waals surface area contributed by atoms with Gasteiger partial charge in [-0.25, -0.2) is 0 Å². The molecule has 4 aromatic rings. The van der Waals surface area contributed by atoms with E-state index in [1.165, 1.54) is 5.56 Å². The normalized spacial score (nSPS) is 17.7. The average Bonchev–Trinajstić information content (AvgIpc) is 3.41. The Bertz CT molecular complexity index is 2000. The summed E-state index contributed by atoms with van der Waals surface area (Å²) in [5, 5.41) is 24.0. The van der Waals surface area contributed by atoms with Crippen molar-refractivity contribution >= 4 is 35.1 Å². The highest BCUT2D eigenvalue weighted by atomic mass is 16.5. The number of rotatable bonds is 12. The molecular weight excluding hydrogens is 664 g/mol. The first-order chi connectivity index (χ1) is 25.3. The maximum Gasteiger partial charge on any atom is 0.264 e. The molecule has 52 heavy (non-hydrogen) atoms. The van der Waals surface area contributed by atoms with Crippen LogP contribution in [0.5, 0.6) is 11.5 Å². The minimum Gasteiger partial charge on any atom is -0.507 e. The molecule has 0 radical (unpaired) electrons. The molecule has 3 aliphatic rings. The molecule has 2 fully saturated rings. The first-order valence-electron chi connectivity index (χ1n) is 17.4. The number of fused-ring (bicyclic) bond motifs is 1. The van der Waals surface area contributed by atoms with E-state index in [2.05, 4.69) is 54.9 Å². The first-order valence-corrected chi connectivity index (χ1v) is 17.4. The van der Waals surface area contributed by atoms with E-state index in [0.29, 0.717) is 59.9 Å². The van der Waals surface area contributed by atoms with Gasteiger partial charge in [-0.2, -0.15) is 0 Å². The third-order valence-electron chi connectivity index (χ3n) is 9.73. The number of carbonyl (C=O) groups excluding carboxylic acids is 4. The number of aromatic nitrogens is 2. The maximum atomic E-state index is 13.5. The van der Waals surface area contributed by atoms with Gasteiger partial charge in [0.1, 0.15) is 17.5 Å². The number of nitrogens with two attached hydrogens (primary N) is 1. The number of phenols is 1. The summed E-state index contributed by atoms with van der Waals surface area (Å²) in [6, 6.07) is 21.2. The van der Waals surface area contributed by atoms with Crippen molar-refractivity contribution in [3.63, 3.8) is 0 Å². The third kappa shape index (κ3) is 7.29. The number of carbonyl (C=O) groups is 4. The van der Waals surface area contributed by atoms with Crippen LogP contribution in [-0.4, -0.2) is 101 Å². The topological polar surface area (TPSA) is 183 Å². The van der Waals surface area contributed by atoms with E-state index >= 15 is 0 Å². The molecule has 7 rings (SSSR count). The van der Waals surface area contributed by atoms with Gasteiger partial charge in [-0.3, -0.25) is 34.3 Å². The Morgan fingerprint density at radius 1 is 0.885 bits per heavy atom. The summed E-state index contributed by atoms with van der Waals surface area (Å²) in [6.07, 6.45) is 0.901. The first kappa shape index (κ1) is 34.6. The van der Waals surface area contributed by atoms with Gasteiger partial charge in [-0.05, 0) is 41.8 Å². The van der Waals surface area contributed by atoms with Crippen molar-refractivity contribution in [1.29, 1.82) is 0 Å². The van der Waals surface area contributed by atoms with E-state index in [1.54, 1.807) is 36.4 Å². The fraction of sp³-hybridized carbons (Fsp3) is 0.316. The summed E-state index contributed by atoms with van der Waals surface area (Å²) in [5.41, 5.74) is 10.7. The van der Waals surface area contributed by atoms with Crippen molar-refractivity contribution < 1.29 is 29.0 Å². The number of nitrogen functional groups attached to an aromatic ring is 1. The number of para-hydroxylation sites is 1. The van der Waals surface area contributed by atoms with Crippen LogP contribution >= 0.6 is 0 Å². The Kier molecular flexibility index (Phi) is 10.1. The number of aromatic hydroxyl groups is 1. The summed E-state index contributed by atoms with van der Waals surface area (Å²) in [5.74, 6) is -1.26. The van der Waals surface area contributed by atoms with Gasteiger partial charge < -0.3 is 25.8 Å². The second-order valence-electron chi connectivity index (χ2n) is 13.1. The van der Waals surface area contributed by atoms with Crippen LogP contribution in [0, 0.1) is 0 Å². The predicted molar refractivity (Wildman–Crippen MR) is 193 cm³/mol. The predicted octanol–water partition coefficient (Wildman–Crippen LogP) is 2.37. The smallest absolute Gasteiger partial charge is 0.264 e. The lowest BCUT2D eigenvalue weighted by molar-refractivity contribution is -0.136. The van der Waals surface area contributed by atoms with E-state index in [1.807, 2.05) is 12.1 Å². The Morgan fingerprint density at radius 3 is 2.40 bits per heavy atom. The number of benzene rings is 3. The Morgan fingerprint density at radius 2 is 1.63 bits per heavy atom. The van der Waals surface area contributed by atoms with Gasteiger partial charge >= 0.3 is 0 Å². The number of imide groups is 2. The van der Waals surface area contributed by atoms with Crippen molar-refractivity contribution in [3.05, 3.63) is 95.1 Å². The van der Waals surface area contributed by atoms with Crippen molar-refractivity contribution in [2.45, 2.75) is 31.8 Å². The molecule has 1 atom stereocenters. The summed E-state index contributed by atoms with van der Waals surface area (Å²) in [6.45, 7) is 5.83. The van der Waals surface area contributed by atoms with E-state index in [-0.39, 0.29) is 24.4 Å². The van der Waals surface area contributed by atoms with E-state index in [0.717, 1.165) is 43.2 Å². The van der Waals surface area contributed by atoms with Crippen molar-refractivity contribution in [2.75, 3.05) is 56.5 Å². The zero-order valence-corrected chi connectivity index (χ0v) is 28.6. The molecule has 268 valence electrons. The van der Waals surface area contributed by atoms with Crippen molar-refractivity contribution in [1.82, 2.24) is 30.6 Å². The molecular formula is C38H40N8O6. The van der Waals surface area contributed by atoms with Gasteiger partial charge in [0.15, 0.2) is 11.6 Å². The van der Waals surface area contributed by atoms with Gasteiger partial charge in [0, 0.05) is 70.3 Å². The molecule has 4 amide bonds. The maximum absolute atomic E-state index is 13.5. The van der Waals surface area contributed by atoms with Crippen LogP contribution in [0.2, 0.25) is 0 Å². The van der Waals surface area contributed by atoms with Gasteiger partial charge in [-0.15, -0.1) is 10.2 Å². The molecule has 14 nitrogen and oxygen atoms in total. The highest BCUT2D eigenvalue weighted by Gasteiger charge is 2.46. The molecule has 14 heteroatoms. The zero-order chi connectivity index (χ0) is 36.2. The van der Waals surface area contributed by atoms with Crippen LogP contribution < -0.4 is 26.0 Å². The minimum absolute atomic E-state index is 0.0876. The van der Waals surface area contributed by atoms with E-state index < -0.39 is 29.7 Å². The lowest BCUT2D eigenvalue weighted by Crippen LogP contribution is -2.54. The number of phenolic OH excluding ortho intramolecular Hbond substituents is 1. The van der Waals surface area contributed by atoms with Gasteiger partial charge in [0.05, 0.1) is 23.4 Å². The number of hydrogen-bond acceptors (Lipinski definition) is 12. The largest absolute Gasteiger partial charge is 0.507 e. The standard InChI is InChI=1S/C38H40N8O6/c39-35-32(22-28(42-43-35)26-4-1-2-7-31(26)47)52-21-14-24-8-10-25(11-9-24)23-40-15-16-44-17-19-45(20-18-44)29-6-3-5-27-34(29)38(51)46(37(27)50)30-12-13-33(48)41-36(30)49/h1-11,22,30,40,47H,12-21,23H2,(H2,39,43)(H,41,48,49). The van der Waals surface area contributed by atoms with Crippen LogP contribution in [0.3, 0.4) is 0 Å². The second-order valence-corrected chi connectivity index (χ2v) is 13.1. The quantitative estimate of drug-likeness (QED) is 0.125. The monoisotopic (exact) mass is 704 g/mol. The van der Waals surface area contributed by atoms with Gasteiger partial charge in [-0.1, -0.05) is 42.5 Å². The highest BCUT2D eigenvalue weighted by Crippen LogP contribution is 2.35. The number of hydrogen-bond donors (Lipinski definition) is 4. The molecule has 1 aromatic heterocycles. The van der Waals surface area contributed by atoms with Gasteiger partial charge in [0.2, 0.25) is 11.8 Å². The fourth-order valence-electron chi connectivity index (χ4n) is 6.87. The number of amides is 4. The highest BCUT2D eigenvalue weighted by molar-refractivity contribution is 6.25. The molecule has 3 aliphatic heterocycles. The number of piperazine rings is 1. The van der Waals surface area contributed by atoms with Gasteiger partial charge in [0.25, 0.3) is 11.8 Å². The van der Waals surface area contributed by atoms with Crippen LogP contribution in [0.25, 0.3) is 11.3 Å². The summed E-state index contributed by atoms with van der Waals surface area (Å²) < 4.78 is 5.92. The fourth-order valence-corrected chi connectivity index (χ4v) is 6.87. The van der Waals surface area contributed by atoms with E-state index in [9.17, 15) is 24.3 Å². The number of anilines is 2. The lowest BCUT2D eigenvalue weighted by atomic mass is 10.0.